The molecule has 0 unspecified atom stereocenters. The number of benzene rings is 1. The summed E-state index contributed by atoms with van der Waals surface area (Å²) in [4.78, 5) is 4.19. The highest BCUT2D eigenvalue weighted by Crippen LogP contribution is 2.27. The molecule has 0 amide bonds. The lowest BCUT2D eigenvalue weighted by Crippen LogP contribution is -1.78. The Bertz CT molecular complexity index is 479. The average molecular weight is 242 g/mol. The highest BCUT2D eigenvalue weighted by Gasteiger charge is 2.10. The highest BCUT2D eigenvalue weighted by molar-refractivity contribution is 6.30. The smallest absolute Gasteiger partial charge is 0.210 e. The summed E-state index contributed by atoms with van der Waals surface area (Å²) in [5, 5.41) is 0.677. The fraction of sp³-hybridized carbons (Fsp3) is 0.182. The summed E-state index contributed by atoms with van der Waals surface area (Å²) in [6.45, 7) is 1.88. The number of hydrogen-bond donors (Lipinski definition) is 0. The average Bonchev–Trinajstić information content (AvgIpc) is 2.60. The van der Waals surface area contributed by atoms with Crippen molar-refractivity contribution in [3.8, 4) is 11.3 Å². The van der Waals surface area contributed by atoms with Crippen LogP contribution in [0.4, 0.5) is 0 Å². The molecule has 0 spiro atoms. The van der Waals surface area contributed by atoms with Crippen LogP contribution in [0.1, 0.15) is 11.6 Å². The molecule has 2 aromatic rings. The first kappa shape index (κ1) is 10.5. The molecule has 0 atom stereocenters. The fourth-order valence-corrected chi connectivity index (χ4v) is 1.71. The largest absolute Gasteiger partial charge is 0.439 e. The first-order chi connectivity index (χ1) is 7.20. The SMILES string of the molecule is Cc1nc(CCl)oc1-c1cccc(Cl)c1. The molecule has 0 aliphatic heterocycles. The molecular formula is C11H9Cl2NO. The molecule has 15 heavy (non-hydrogen) atoms. The van der Waals surface area contributed by atoms with Crippen molar-refractivity contribution >= 4 is 23.2 Å². The zero-order valence-corrected chi connectivity index (χ0v) is 9.64. The van der Waals surface area contributed by atoms with Crippen LogP contribution in [0.15, 0.2) is 28.7 Å². The summed E-state index contributed by atoms with van der Waals surface area (Å²) in [6, 6.07) is 7.46. The third kappa shape index (κ3) is 2.16. The second-order valence-electron chi connectivity index (χ2n) is 3.17. The molecule has 0 saturated heterocycles. The standard InChI is InChI=1S/C11H9Cl2NO/c1-7-11(15-10(6-12)14-7)8-3-2-4-9(13)5-8/h2-5H,6H2,1H3. The van der Waals surface area contributed by atoms with Crippen molar-refractivity contribution in [1.82, 2.24) is 4.98 Å². The van der Waals surface area contributed by atoms with Gasteiger partial charge < -0.3 is 4.42 Å². The van der Waals surface area contributed by atoms with Crippen molar-refractivity contribution in [2.45, 2.75) is 12.8 Å². The maximum Gasteiger partial charge on any atom is 0.210 e. The molecular weight excluding hydrogens is 233 g/mol. The lowest BCUT2D eigenvalue weighted by molar-refractivity contribution is 0.528. The number of oxazole rings is 1. The molecule has 1 heterocycles. The molecule has 78 valence electrons. The first-order valence-corrected chi connectivity index (χ1v) is 5.40. The summed E-state index contributed by atoms with van der Waals surface area (Å²) >= 11 is 11.5. The van der Waals surface area contributed by atoms with E-state index in [1.807, 2.05) is 31.2 Å². The molecule has 1 aromatic heterocycles. The van der Waals surface area contributed by atoms with Gasteiger partial charge in [-0.1, -0.05) is 23.7 Å². The Labute approximate surface area is 97.8 Å². The van der Waals surface area contributed by atoms with Gasteiger partial charge in [0.15, 0.2) is 5.76 Å². The van der Waals surface area contributed by atoms with E-state index in [0.29, 0.717) is 10.9 Å². The molecule has 0 fully saturated rings. The number of alkyl halides is 1. The van der Waals surface area contributed by atoms with Crippen LogP contribution >= 0.6 is 23.2 Å². The van der Waals surface area contributed by atoms with E-state index in [9.17, 15) is 0 Å². The second-order valence-corrected chi connectivity index (χ2v) is 3.87. The number of hydrogen-bond acceptors (Lipinski definition) is 2. The summed E-state index contributed by atoms with van der Waals surface area (Å²) < 4.78 is 5.50. The lowest BCUT2D eigenvalue weighted by Gasteiger charge is -1.97. The van der Waals surface area contributed by atoms with Gasteiger partial charge in [0.05, 0.1) is 11.6 Å². The van der Waals surface area contributed by atoms with E-state index < -0.39 is 0 Å². The molecule has 0 aliphatic carbocycles. The van der Waals surface area contributed by atoms with Crippen LogP contribution in [0.25, 0.3) is 11.3 Å². The summed E-state index contributed by atoms with van der Waals surface area (Å²) in [5.74, 6) is 1.54. The Morgan fingerprint density at radius 3 is 2.80 bits per heavy atom. The van der Waals surface area contributed by atoms with Crippen LogP contribution in [0.3, 0.4) is 0 Å². The van der Waals surface area contributed by atoms with Crippen LogP contribution in [-0.2, 0) is 5.88 Å². The van der Waals surface area contributed by atoms with Gasteiger partial charge in [0, 0.05) is 10.6 Å². The Morgan fingerprint density at radius 1 is 1.40 bits per heavy atom. The van der Waals surface area contributed by atoms with Gasteiger partial charge in [-0.05, 0) is 19.1 Å². The third-order valence-corrected chi connectivity index (χ3v) is 2.51. The molecule has 0 aliphatic rings. The Balaban J connectivity index is 2.48. The van der Waals surface area contributed by atoms with E-state index in [1.54, 1.807) is 0 Å². The Kier molecular flexibility index (Phi) is 2.98. The van der Waals surface area contributed by atoms with Crippen molar-refractivity contribution in [2.24, 2.45) is 0 Å². The number of rotatable bonds is 2. The minimum Gasteiger partial charge on any atom is -0.439 e. The van der Waals surface area contributed by atoms with Crippen LogP contribution in [0.2, 0.25) is 5.02 Å². The zero-order chi connectivity index (χ0) is 10.8. The molecule has 1 aromatic carbocycles. The van der Waals surface area contributed by atoms with Gasteiger partial charge in [0.25, 0.3) is 0 Å². The topological polar surface area (TPSA) is 26.0 Å². The molecule has 0 saturated carbocycles. The van der Waals surface area contributed by atoms with Crippen LogP contribution in [0.5, 0.6) is 0 Å². The normalized spacial score (nSPS) is 10.6. The van der Waals surface area contributed by atoms with Crippen LogP contribution in [-0.4, -0.2) is 4.98 Å². The van der Waals surface area contributed by atoms with Gasteiger partial charge >= 0.3 is 0 Å². The first-order valence-electron chi connectivity index (χ1n) is 4.49. The lowest BCUT2D eigenvalue weighted by atomic mass is 10.1. The summed E-state index contributed by atoms with van der Waals surface area (Å²) in [6.07, 6.45) is 0. The minimum atomic E-state index is 0.279. The van der Waals surface area contributed by atoms with Gasteiger partial charge in [-0.2, -0.15) is 0 Å². The highest BCUT2D eigenvalue weighted by atomic mass is 35.5. The molecule has 2 nitrogen and oxygen atoms in total. The second kappa shape index (κ2) is 4.25. The molecule has 0 bridgehead atoms. The van der Waals surface area contributed by atoms with Crippen LogP contribution < -0.4 is 0 Å². The molecule has 0 radical (unpaired) electrons. The molecule has 2 rings (SSSR count). The van der Waals surface area contributed by atoms with E-state index in [0.717, 1.165) is 17.0 Å². The predicted molar refractivity (Wildman–Crippen MR) is 61.2 cm³/mol. The number of nitrogens with zero attached hydrogens (tertiary/aromatic N) is 1. The van der Waals surface area contributed by atoms with Gasteiger partial charge in [-0.25, -0.2) is 4.98 Å². The molecule has 0 N–H and O–H groups in total. The zero-order valence-electron chi connectivity index (χ0n) is 8.13. The van der Waals surface area contributed by atoms with Crippen molar-refractivity contribution in [2.75, 3.05) is 0 Å². The predicted octanol–water partition coefficient (Wildman–Crippen LogP) is 4.04. The van der Waals surface area contributed by atoms with Gasteiger partial charge in [0.2, 0.25) is 5.89 Å². The minimum absolute atomic E-state index is 0.279. The van der Waals surface area contributed by atoms with Gasteiger partial charge in [-0.15, -0.1) is 11.6 Å². The quantitative estimate of drug-likeness (QED) is 0.742. The number of aryl methyl sites for hydroxylation is 1. The van der Waals surface area contributed by atoms with Crippen molar-refractivity contribution < 1.29 is 4.42 Å². The Hall–Kier alpha value is -0.990. The van der Waals surface area contributed by atoms with E-state index in [1.165, 1.54) is 0 Å². The fourth-order valence-electron chi connectivity index (χ4n) is 1.41. The summed E-state index contributed by atoms with van der Waals surface area (Å²) in [5.41, 5.74) is 1.75. The van der Waals surface area contributed by atoms with Crippen LogP contribution in [0, 0.1) is 6.92 Å². The summed E-state index contributed by atoms with van der Waals surface area (Å²) in [7, 11) is 0. The Morgan fingerprint density at radius 2 is 2.20 bits per heavy atom. The number of halogens is 2. The van der Waals surface area contributed by atoms with Crippen molar-refractivity contribution in [1.29, 1.82) is 0 Å². The van der Waals surface area contributed by atoms with Crippen molar-refractivity contribution in [3.05, 3.63) is 40.9 Å². The van der Waals surface area contributed by atoms with E-state index in [2.05, 4.69) is 4.98 Å². The maximum atomic E-state index is 5.90. The van der Waals surface area contributed by atoms with Crippen molar-refractivity contribution in [3.63, 3.8) is 0 Å². The number of aromatic nitrogens is 1. The van der Waals surface area contributed by atoms with Gasteiger partial charge in [0.1, 0.15) is 0 Å². The van der Waals surface area contributed by atoms with Gasteiger partial charge in [-0.3, -0.25) is 0 Å². The van der Waals surface area contributed by atoms with E-state index in [4.69, 9.17) is 27.6 Å². The van der Waals surface area contributed by atoms with E-state index in [-0.39, 0.29) is 5.88 Å². The maximum absolute atomic E-state index is 5.90. The monoisotopic (exact) mass is 241 g/mol. The third-order valence-electron chi connectivity index (χ3n) is 2.04. The molecule has 4 heteroatoms. The van der Waals surface area contributed by atoms with E-state index >= 15 is 0 Å².